The summed E-state index contributed by atoms with van der Waals surface area (Å²) < 4.78 is 115. The Labute approximate surface area is 471 Å². The predicted octanol–water partition coefficient (Wildman–Crippen LogP) is 9.30. The third kappa shape index (κ3) is 19.5. The normalized spacial score (nSPS) is 18.6. The highest BCUT2D eigenvalue weighted by Gasteiger charge is 2.35. The van der Waals surface area contributed by atoms with Gasteiger partial charge in [0.15, 0.2) is 0 Å². The zero-order chi connectivity index (χ0) is 59.7. The summed E-state index contributed by atoms with van der Waals surface area (Å²) in [6.45, 7) is 7.08. The van der Waals surface area contributed by atoms with Crippen LogP contribution in [0.25, 0.3) is 0 Å². The van der Waals surface area contributed by atoms with Crippen molar-refractivity contribution in [1.29, 1.82) is 0 Å². The highest BCUT2D eigenvalue weighted by Crippen LogP contribution is 2.53. The average Bonchev–Trinajstić information content (AvgIpc) is 3.31. The van der Waals surface area contributed by atoms with E-state index in [1.54, 1.807) is 24.3 Å². The van der Waals surface area contributed by atoms with Crippen LogP contribution in [0.5, 0.6) is 46.0 Å². The van der Waals surface area contributed by atoms with Gasteiger partial charge in [-0.2, -0.15) is 33.7 Å². The van der Waals surface area contributed by atoms with Crippen molar-refractivity contribution in [3.63, 3.8) is 0 Å². The number of aromatic hydroxyl groups is 8. The van der Waals surface area contributed by atoms with Gasteiger partial charge in [0.25, 0.3) is 40.5 Å². The smallest absolute Gasteiger partial charge is 0.264 e. The molecule has 24 heteroatoms. The highest BCUT2D eigenvalue weighted by molar-refractivity contribution is 7.86. The van der Waals surface area contributed by atoms with Gasteiger partial charge in [-0.1, -0.05) is 27.7 Å². The van der Waals surface area contributed by atoms with Crippen molar-refractivity contribution in [2.24, 2.45) is 23.7 Å². The van der Waals surface area contributed by atoms with Crippen LogP contribution in [0.4, 0.5) is 0 Å². The lowest BCUT2D eigenvalue weighted by Gasteiger charge is -2.31. The van der Waals surface area contributed by atoms with Crippen molar-refractivity contribution < 1.29 is 91.3 Å². The maximum absolute atomic E-state index is 12.1. The second-order valence-electron chi connectivity index (χ2n) is 22.1. The number of benzene rings is 4. The number of hydrogen-bond donors (Lipinski definition) is 8. The number of phenolic OH excluding ortho intramolecular Hbond substituents is 8. The summed E-state index contributed by atoms with van der Waals surface area (Å²) in [4.78, 5) is 0. The van der Waals surface area contributed by atoms with Crippen LogP contribution in [0.1, 0.15) is 173 Å². The molecule has 80 heavy (non-hydrogen) atoms. The molecular formula is C56H80O20S4. The van der Waals surface area contributed by atoms with Crippen molar-refractivity contribution >= 4 is 40.5 Å². The van der Waals surface area contributed by atoms with Gasteiger partial charge in [0.2, 0.25) is 0 Å². The minimum atomic E-state index is -3.75. The van der Waals surface area contributed by atoms with Crippen LogP contribution in [0.15, 0.2) is 48.5 Å². The van der Waals surface area contributed by atoms with E-state index in [9.17, 15) is 74.5 Å². The van der Waals surface area contributed by atoms with Gasteiger partial charge in [0.05, 0.1) is 51.5 Å². The molecule has 8 N–H and O–H groups in total. The van der Waals surface area contributed by atoms with E-state index in [1.165, 1.54) is 0 Å². The lowest BCUT2D eigenvalue weighted by molar-refractivity contribution is 0.295. The van der Waals surface area contributed by atoms with E-state index in [4.69, 9.17) is 16.7 Å². The molecule has 1 aliphatic carbocycles. The number of hydrogen-bond acceptors (Lipinski definition) is 20. The Hall–Kier alpha value is -5.08. The first kappa shape index (κ1) is 65.7. The van der Waals surface area contributed by atoms with Crippen molar-refractivity contribution in [3.05, 3.63) is 93.0 Å². The van der Waals surface area contributed by atoms with Gasteiger partial charge in [0, 0.05) is 92.4 Å². The van der Waals surface area contributed by atoms with Crippen LogP contribution in [-0.2, 0) is 57.2 Å². The van der Waals surface area contributed by atoms with E-state index in [1.807, 2.05) is 27.7 Å². The monoisotopic (exact) mass is 1200 g/mol. The second-order valence-corrected chi connectivity index (χ2v) is 28.7. The number of phenols is 8. The lowest BCUT2D eigenvalue weighted by atomic mass is 9.74. The summed E-state index contributed by atoms with van der Waals surface area (Å²) in [6, 6.07) is 10.9. The molecule has 5 rings (SSSR count). The zero-order valence-electron chi connectivity index (χ0n) is 46.7. The van der Waals surface area contributed by atoms with Gasteiger partial charge in [-0.15, -0.1) is 0 Å². The Kier molecular flexibility index (Phi) is 22.8. The van der Waals surface area contributed by atoms with Crippen LogP contribution in [-0.4, -0.2) is 126 Å². The molecule has 0 spiro atoms. The summed E-state index contributed by atoms with van der Waals surface area (Å²) in [7, 11) is -15.0. The molecule has 448 valence electrons. The quantitative estimate of drug-likeness (QED) is 0.0194. The Bertz CT molecular complexity index is 2700. The van der Waals surface area contributed by atoms with Gasteiger partial charge in [0.1, 0.15) is 46.0 Å². The van der Waals surface area contributed by atoms with Crippen molar-refractivity contribution in [3.8, 4) is 46.0 Å². The van der Waals surface area contributed by atoms with Gasteiger partial charge in [-0.25, -0.2) is 0 Å². The molecule has 4 aromatic rings. The van der Waals surface area contributed by atoms with E-state index >= 15 is 0 Å². The maximum atomic E-state index is 12.1. The van der Waals surface area contributed by atoms with E-state index in [-0.39, 0.29) is 120 Å². The molecule has 1 aliphatic rings. The second kappa shape index (κ2) is 27.8. The van der Waals surface area contributed by atoms with Crippen LogP contribution in [0.2, 0.25) is 0 Å². The Morgan fingerprint density at radius 3 is 0.600 bits per heavy atom. The standard InChI is InChI=1S/C56H80O20S4/c1-33(13-9-17-73-77(5,65)66)21-37-41-25-43(51(59)29-49(41)57)38(22-34(2)14-10-18-74-78(6,67)68)45-27-47(55(63)31-53(45)61)40(24-36(4)16-12-20-76-80(8,71)72)48-28-46(54(62)32-56(48)64)39(44-26-42(37)50(58)30-52(44)60)23-35(3)15-11-19-75-79(7,69)70/h25-40,57-64H,9-24H2,1-8H3/t33-,34-,35-,36-,37?,38?,39?,40?/m0/s1. The molecule has 4 aromatic carbocycles. The molecule has 0 aromatic heterocycles. The van der Waals surface area contributed by atoms with Crippen LogP contribution >= 0.6 is 0 Å². The van der Waals surface area contributed by atoms with Crippen LogP contribution < -0.4 is 0 Å². The Balaban J connectivity index is 1.87. The SMILES string of the molecule is C[C@@H](CCCOS(C)(=O)=O)CC1c2cc(c(O)cc2O)C(C[C@@H](C)CCCOS(C)(=O)=O)c2cc(c(O)cc2O)C(C[C@@H](C)CCCOS(C)(=O)=O)c2cc(c(O)cc2O)C(C[C@@H](C)CCCOS(C)(=O)=O)c2cc1c(O)cc2O. The minimum Gasteiger partial charge on any atom is -0.508 e. The largest absolute Gasteiger partial charge is 0.508 e. The predicted molar refractivity (Wildman–Crippen MR) is 302 cm³/mol. The first-order valence-electron chi connectivity index (χ1n) is 26.7. The maximum Gasteiger partial charge on any atom is 0.264 e. The van der Waals surface area contributed by atoms with E-state index in [2.05, 4.69) is 0 Å². The minimum absolute atomic E-state index is 0.117. The molecule has 0 unspecified atom stereocenters. The van der Waals surface area contributed by atoms with E-state index < -0.39 is 110 Å². The number of rotatable bonds is 28. The highest BCUT2D eigenvalue weighted by atomic mass is 32.2. The fourth-order valence-electron chi connectivity index (χ4n) is 11.0. The number of fused-ring (bicyclic) bond motifs is 8. The third-order valence-electron chi connectivity index (χ3n) is 14.8. The summed E-state index contributed by atoms with van der Waals surface area (Å²) in [5.74, 6) is -8.06. The first-order chi connectivity index (χ1) is 37.1. The summed E-state index contributed by atoms with van der Waals surface area (Å²) in [6.07, 6.45) is 7.23. The molecule has 0 fully saturated rings. The van der Waals surface area contributed by atoms with Crippen LogP contribution in [0.3, 0.4) is 0 Å². The van der Waals surface area contributed by atoms with Crippen molar-refractivity contribution in [2.45, 2.75) is 128 Å². The summed E-state index contributed by atoms with van der Waals surface area (Å²) in [5, 5.41) is 96.5. The summed E-state index contributed by atoms with van der Waals surface area (Å²) >= 11 is 0. The van der Waals surface area contributed by atoms with E-state index in [0.717, 1.165) is 49.3 Å². The molecule has 8 bridgehead atoms. The topological polar surface area (TPSA) is 335 Å². The molecule has 0 amide bonds. The Morgan fingerprint density at radius 1 is 0.312 bits per heavy atom. The molecule has 0 saturated heterocycles. The molecule has 4 atom stereocenters. The molecular weight excluding hydrogens is 1120 g/mol. The zero-order valence-corrected chi connectivity index (χ0v) is 49.9. The molecule has 20 nitrogen and oxygen atoms in total. The summed E-state index contributed by atoms with van der Waals surface area (Å²) in [5.41, 5.74) is 1.60. The lowest BCUT2D eigenvalue weighted by Crippen LogP contribution is -2.15. The van der Waals surface area contributed by atoms with Gasteiger partial charge in [-0.3, -0.25) is 16.7 Å². The molecule has 0 radical (unpaired) electrons. The average molecular weight is 1200 g/mol. The molecule has 0 aliphatic heterocycles. The van der Waals surface area contributed by atoms with Crippen molar-refractivity contribution in [1.82, 2.24) is 0 Å². The van der Waals surface area contributed by atoms with E-state index in [0.29, 0.717) is 51.4 Å². The third-order valence-corrected chi connectivity index (χ3v) is 17.2. The van der Waals surface area contributed by atoms with Gasteiger partial charge >= 0.3 is 0 Å². The molecule has 0 heterocycles. The van der Waals surface area contributed by atoms with Crippen molar-refractivity contribution in [2.75, 3.05) is 51.5 Å². The van der Waals surface area contributed by atoms with Gasteiger partial charge in [-0.05, 0) is 125 Å². The first-order valence-corrected chi connectivity index (χ1v) is 34.0. The van der Waals surface area contributed by atoms with Crippen LogP contribution in [0, 0.1) is 23.7 Å². The molecule has 0 saturated carbocycles. The Morgan fingerprint density at radius 2 is 0.463 bits per heavy atom. The van der Waals surface area contributed by atoms with Gasteiger partial charge < -0.3 is 40.9 Å². The fraction of sp³-hybridized carbons (Fsp3) is 0.571. The fourth-order valence-corrected chi connectivity index (χ4v) is 12.7.